The van der Waals surface area contributed by atoms with E-state index in [0.29, 0.717) is 25.5 Å². The van der Waals surface area contributed by atoms with Gasteiger partial charge in [0.05, 0.1) is 18.4 Å². The van der Waals surface area contributed by atoms with E-state index in [4.69, 9.17) is 9.26 Å². The van der Waals surface area contributed by atoms with E-state index in [1.54, 1.807) is 17.9 Å². The SMILES string of the molecule is Cc1cc(C(=O)N2CCOC(C)C2)on1. The number of morpholine rings is 1. The van der Waals surface area contributed by atoms with Crippen molar-refractivity contribution in [1.29, 1.82) is 0 Å². The molecule has 1 aromatic rings. The smallest absolute Gasteiger partial charge is 0.292 e. The molecule has 2 rings (SSSR count). The van der Waals surface area contributed by atoms with Gasteiger partial charge in [0.1, 0.15) is 0 Å². The Balaban J connectivity index is 2.07. The van der Waals surface area contributed by atoms with Crippen molar-refractivity contribution in [2.24, 2.45) is 0 Å². The van der Waals surface area contributed by atoms with Gasteiger partial charge in [-0.2, -0.15) is 0 Å². The highest BCUT2D eigenvalue weighted by molar-refractivity contribution is 5.91. The molecule has 1 aliphatic rings. The maximum Gasteiger partial charge on any atom is 0.292 e. The third kappa shape index (κ3) is 2.18. The number of aromatic nitrogens is 1. The quantitative estimate of drug-likeness (QED) is 0.689. The van der Waals surface area contributed by atoms with Crippen LogP contribution in [0.25, 0.3) is 0 Å². The van der Waals surface area contributed by atoms with Crippen molar-refractivity contribution in [1.82, 2.24) is 10.1 Å². The van der Waals surface area contributed by atoms with Crippen LogP contribution in [-0.2, 0) is 4.74 Å². The number of nitrogens with zero attached hydrogens (tertiary/aromatic N) is 2. The summed E-state index contributed by atoms with van der Waals surface area (Å²) in [5.74, 6) is 0.201. The molecule has 0 aromatic carbocycles. The monoisotopic (exact) mass is 210 g/mol. The Hall–Kier alpha value is -1.36. The summed E-state index contributed by atoms with van der Waals surface area (Å²) in [6.07, 6.45) is 0.0896. The Labute approximate surface area is 88.0 Å². The standard InChI is InChI=1S/C10H14N2O3/c1-7-5-9(15-11-7)10(13)12-3-4-14-8(2)6-12/h5,8H,3-4,6H2,1-2H3. The van der Waals surface area contributed by atoms with Crippen molar-refractivity contribution in [3.8, 4) is 0 Å². The van der Waals surface area contributed by atoms with Gasteiger partial charge in [0, 0.05) is 19.2 Å². The molecule has 1 amide bonds. The molecule has 2 heterocycles. The average molecular weight is 210 g/mol. The van der Waals surface area contributed by atoms with E-state index >= 15 is 0 Å². The lowest BCUT2D eigenvalue weighted by atomic mass is 10.2. The van der Waals surface area contributed by atoms with Crippen LogP contribution >= 0.6 is 0 Å². The summed E-state index contributed by atoms with van der Waals surface area (Å²) in [6.45, 7) is 5.55. The zero-order chi connectivity index (χ0) is 10.8. The largest absolute Gasteiger partial charge is 0.375 e. The molecule has 1 saturated heterocycles. The fourth-order valence-corrected chi connectivity index (χ4v) is 1.62. The molecule has 82 valence electrons. The lowest BCUT2D eigenvalue weighted by molar-refractivity contribution is -0.0137. The molecule has 1 aromatic heterocycles. The molecule has 1 unspecified atom stereocenters. The number of amides is 1. The van der Waals surface area contributed by atoms with E-state index < -0.39 is 0 Å². The molecule has 15 heavy (non-hydrogen) atoms. The zero-order valence-corrected chi connectivity index (χ0v) is 8.90. The van der Waals surface area contributed by atoms with Gasteiger partial charge in [-0.1, -0.05) is 5.16 Å². The maximum atomic E-state index is 11.9. The normalized spacial score (nSPS) is 21.7. The van der Waals surface area contributed by atoms with Crippen LogP contribution in [0.2, 0.25) is 0 Å². The number of rotatable bonds is 1. The minimum atomic E-state index is -0.106. The lowest BCUT2D eigenvalue weighted by Gasteiger charge is -2.30. The molecule has 0 spiro atoms. The third-order valence-electron chi connectivity index (χ3n) is 2.37. The summed E-state index contributed by atoms with van der Waals surface area (Å²) in [4.78, 5) is 13.6. The van der Waals surface area contributed by atoms with E-state index in [2.05, 4.69) is 5.16 Å². The summed E-state index contributed by atoms with van der Waals surface area (Å²) in [5.41, 5.74) is 0.722. The van der Waals surface area contributed by atoms with E-state index in [-0.39, 0.29) is 12.0 Å². The Morgan fingerprint density at radius 1 is 1.67 bits per heavy atom. The van der Waals surface area contributed by atoms with Crippen molar-refractivity contribution >= 4 is 5.91 Å². The molecule has 0 N–H and O–H groups in total. The first-order chi connectivity index (χ1) is 7.16. The molecular formula is C10H14N2O3. The van der Waals surface area contributed by atoms with Gasteiger partial charge in [0.2, 0.25) is 5.76 Å². The predicted octanol–water partition coefficient (Wildman–Crippen LogP) is 0.844. The van der Waals surface area contributed by atoms with Gasteiger partial charge < -0.3 is 14.2 Å². The Kier molecular flexibility index (Phi) is 2.73. The van der Waals surface area contributed by atoms with Crippen LogP contribution in [0.4, 0.5) is 0 Å². The van der Waals surface area contributed by atoms with Crippen molar-refractivity contribution < 1.29 is 14.1 Å². The summed E-state index contributed by atoms with van der Waals surface area (Å²) >= 11 is 0. The second-order valence-corrected chi connectivity index (χ2v) is 3.77. The van der Waals surface area contributed by atoms with Gasteiger partial charge in [0.15, 0.2) is 0 Å². The van der Waals surface area contributed by atoms with Gasteiger partial charge >= 0.3 is 0 Å². The number of carbonyl (C=O) groups is 1. The predicted molar refractivity (Wildman–Crippen MR) is 52.6 cm³/mol. The Morgan fingerprint density at radius 2 is 2.47 bits per heavy atom. The highest BCUT2D eigenvalue weighted by atomic mass is 16.5. The molecule has 1 fully saturated rings. The molecule has 0 aliphatic carbocycles. The van der Waals surface area contributed by atoms with Crippen molar-refractivity contribution in [2.75, 3.05) is 19.7 Å². The van der Waals surface area contributed by atoms with Gasteiger partial charge in [-0.25, -0.2) is 0 Å². The van der Waals surface area contributed by atoms with Crippen molar-refractivity contribution in [3.63, 3.8) is 0 Å². The fraction of sp³-hybridized carbons (Fsp3) is 0.600. The van der Waals surface area contributed by atoms with Gasteiger partial charge in [0.25, 0.3) is 5.91 Å². The van der Waals surface area contributed by atoms with Crippen molar-refractivity contribution in [2.45, 2.75) is 20.0 Å². The van der Waals surface area contributed by atoms with Crippen LogP contribution in [0, 0.1) is 6.92 Å². The first kappa shape index (κ1) is 10.2. The number of ether oxygens (including phenoxy) is 1. The summed E-state index contributed by atoms with van der Waals surface area (Å²) < 4.78 is 10.3. The highest BCUT2D eigenvalue weighted by Gasteiger charge is 2.24. The highest BCUT2D eigenvalue weighted by Crippen LogP contribution is 2.11. The minimum absolute atomic E-state index is 0.0896. The number of hydrogen-bond donors (Lipinski definition) is 0. The lowest BCUT2D eigenvalue weighted by Crippen LogP contribution is -2.44. The fourth-order valence-electron chi connectivity index (χ4n) is 1.62. The number of carbonyl (C=O) groups excluding carboxylic acids is 1. The molecular weight excluding hydrogens is 196 g/mol. The first-order valence-electron chi connectivity index (χ1n) is 5.01. The van der Waals surface area contributed by atoms with Gasteiger partial charge in [-0.15, -0.1) is 0 Å². The third-order valence-corrected chi connectivity index (χ3v) is 2.37. The molecule has 0 saturated carbocycles. The van der Waals surface area contributed by atoms with Crippen LogP contribution in [0.3, 0.4) is 0 Å². The second kappa shape index (κ2) is 4.02. The summed E-state index contributed by atoms with van der Waals surface area (Å²) in [5, 5.41) is 3.70. The number of hydrogen-bond acceptors (Lipinski definition) is 4. The van der Waals surface area contributed by atoms with Crippen LogP contribution in [0.5, 0.6) is 0 Å². The molecule has 5 heteroatoms. The van der Waals surface area contributed by atoms with Crippen LogP contribution in [-0.4, -0.2) is 41.8 Å². The second-order valence-electron chi connectivity index (χ2n) is 3.77. The minimum Gasteiger partial charge on any atom is -0.375 e. The van der Waals surface area contributed by atoms with Crippen molar-refractivity contribution in [3.05, 3.63) is 17.5 Å². The van der Waals surface area contributed by atoms with E-state index in [1.165, 1.54) is 0 Å². The molecule has 5 nitrogen and oxygen atoms in total. The molecule has 0 radical (unpaired) electrons. The van der Waals surface area contributed by atoms with Gasteiger partial charge in [-0.05, 0) is 13.8 Å². The summed E-state index contributed by atoms with van der Waals surface area (Å²) in [7, 11) is 0. The number of aryl methyl sites for hydroxylation is 1. The average Bonchev–Trinajstić information content (AvgIpc) is 2.64. The van der Waals surface area contributed by atoms with E-state index in [1.807, 2.05) is 6.92 Å². The Morgan fingerprint density at radius 3 is 3.07 bits per heavy atom. The molecule has 1 atom stereocenters. The van der Waals surface area contributed by atoms with Gasteiger partial charge in [-0.3, -0.25) is 4.79 Å². The Bertz CT molecular complexity index is 361. The van der Waals surface area contributed by atoms with Crippen LogP contribution in [0.1, 0.15) is 23.2 Å². The molecule has 1 aliphatic heterocycles. The topological polar surface area (TPSA) is 55.6 Å². The maximum absolute atomic E-state index is 11.9. The van der Waals surface area contributed by atoms with E-state index in [0.717, 1.165) is 5.69 Å². The zero-order valence-electron chi connectivity index (χ0n) is 8.90. The summed E-state index contributed by atoms with van der Waals surface area (Å²) in [6, 6.07) is 1.66. The first-order valence-corrected chi connectivity index (χ1v) is 5.01. The van der Waals surface area contributed by atoms with E-state index in [9.17, 15) is 4.79 Å². The van der Waals surface area contributed by atoms with Crippen LogP contribution < -0.4 is 0 Å². The van der Waals surface area contributed by atoms with Crippen LogP contribution in [0.15, 0.2) is 10.6 Å². The molecule has 0 bridgehead atoms.